The molecule has 0 aliphatic heterocycles. The van der Waals surface area contributed by atoms with E-state index in [0.29, 0.717) is 12.8 Å². The first-order valence-corrected chi connectivity index (χ1v) is 3.22. The topological polar surface area (TPSA) is 66.4 Å². The lowest BCUT2D eigenvalue weighted by Gasteiger charge is -2.05. The van der Waals surface area contributed by atoms with E-state index in [2.05, 4.69) is 5.32 Å². The molecule has 1 atom stereocenters. The second-order valence-corrected chi connectivity index (χ2v) is 2.36. The number of amides is 1. The molecule has 0 radical (unpaired) electrons. The number of Topliss-reactive ketones (excluding diaryl/α,β-unsaturated/α-hetero) is 1. The molecule has 0 aromatic carbocycles. The number of rotatable bonds is 1. The molecule has 0 spiro atoms. The number of carboxylic acid groups (broad SMARTS) is 1. The minimum atomic E-state index is -1.11. The van der Waals surface area contributed by atoms with Gasteiger partial charge >= 0.3 is 6.09 Å². The van der Waals surface area contributed by atoms with Gasteiger partial charge in [-0.25, -0.2) is 4.79 Å². The van der Waals surface area contributed by atoms with Crippen molar-refractivity contribution in [2.75, 3.05) is 0 Å². The average molecular weight is 143 g/mol. The van der Waals surface area contributed by atoms with Gasteiger partial charge in [0.25, 0.3) is 0 Å². The lowest BCUT2D eigenvalue weighted by atomic mass is 10.2. The lowest BCUT2D eigenvalue weighted by molar-refractivity contribution is -0.119. The second-order valence-electron chi connectivity index (χ2n) is 2.36. The smallest absolute Gasteiger partial charge is 0.405 e. The van der Waals surface area contributed by atoms with E-state index in [9.17, 15) is 9.59 Å². The van der Waals surface area contributed by atoms with Gasteiger partial charge in [0.2, 0.25) is 0 Å². The highest BCUT2D eigenvalue weighted by molar-refractivity contribution is 5.88. The Labute approximate surface area is 58.2 Å². The lowest BCUT2D eigenvalue weighted by Crippen LogP contribution is -2.36. The highest BCUT2D eigenvalue weighted by Crippen LogP contribution is 2.13. The van der Waals surface area contributed by atoms with Crippen LogP contribution in [-0.4, -0.2) is 23.0 Å². The van der Waals surface area contributed by atoms with Gasteiger partial charge in [-0.3, -0.25) is 4.79 Å². The molecule has 0 saturated heterocycles. The molecule has 56 valence electrons. The summed E-state index contributed by atoms with van der Waals surface area (Å²) in [5.74, 6) is 0.0161. The van der Waals surface area contributed by atoms with E-state index in [-0.39, 0.29) is 5.78 Å². The third kappa shape index (κ3) is 1.46. The van der Waals surface area contributed by atoms with Crippen molar-refractivity contribution in [1.82, 2.24) is 5.32 Å². The molecule has 0 heterocycles. The molecule has 1 saturated carbocycles. The third-order valence-electron chi connectivity index (χ3n) is 1.60. The van der Waals surface area contributed by atoms with Crippen LogP contribution in [0.15, 0.2) is 0 Å². The zero-order valence-corrected chi connectivity index (χ0v) is 5.46. The van der Waals surface area contributed by atoms with Crippen LogP contribution in [0.4, 0.5) is 4.79 Å². The van der Waals surface area contributed by atoms with Crippen LogP contribution < -0.4 is 5.32 Å². The largest absolute Gasteiger partial charge is 0.465 e. The highest BCUT2D eigenvalue weighted by Gasteiger charge is 2.25. The van der Waals surface area contributed by atoms with Gasteiger partial charge in [-0.15, -0.1) is 0 Å². The predicted octanol–water partition coefficient (Wildman–Crippen LogP) is 0.376. The second kappa shape index (κ2) is 2.68. The number of ketones is 1. The van der Waals surface area contributed by atoms with Crippen molar-refractivity contribution in [2.45, 2.75) is 25.3 Å². The van der Waals surface area contributed by atoms with E-state index in [1.807, 2.05) is 0 Å². The predicted molar refractivity (Wildman–Crippen MR) is 33.8 cm³/mol. The molecule has 1 aliphatic rings. The van der Waals surface area contributed by atoms with Crippen molar-refractivity contribution in [3.8, 4) is 0 Å². The first kappa shape index (κ1) is 7.05. The fourth-order valence-electron chi connectivity index (χ4n) is 1.12. The maximum Gasteiger partial charge on any atom is 0.405 e. The van der Waals surface area contributed by atoms with Gasteiger partial charge in [0.05, 0.1) is 6.04 Å². The molecule has 4 nitrogen and oxygen atoms in total. The van der Waals surface area contributed by atoms with Crippen LogP contribution in [0.3, 0.4) is 0 Å². The van der Waals surface area contributed by atoms with Crippen LogP contribution in [0.1, 0.15) is 19.3 Å². The molecule has 2 N–H and O–H groups in total. The molecule has 0 bridgehead atoms. The van der Waals surface area contributed by atoms with Crippen LogP contribution in [0.25, 0.3) is 0 Å². The number of hydrogen-bond donors (Lipinski definition) is 2. The van der Waals surface area contributed by atoms with Gasteiger partial charge in [-0.05, 0) is 12.8 Å². The van der Waals surface area contributed by atoms with Gasteiger partial charge in [-0.1, -0.05) is 0 Å². The Hall–Kier alpha value is -1.06. The van der Waals surface area contributed by atoms with Gasteiger partial charge in [-0.2, -0.15) is 0 Å². The molecular weight excluding hydrogens is 134 g/mol. The first-order valence-electron chi connectivity index (χ1n) is 3.22. The summed E-state index contributed by atoms with van der Waals surface area (Å²) in [5, 5.41) is 10.4. The maximum absolute atomic E-state index is 10.8. The Bertz CT molecular complexity index is 166. The highest BCUT2D eigenvalue weighted by atomic mass is 16.4. The molecule has 1 rings (SSSR count). The van der Waals surface area contributed by atoms with Crippen molar-refractivity contribution >= 4 is 11.9 Å². The fourth-order valence-corrected chi connectivity index (χ4v) is 1.12. The van der Waals surface area contributed by atoms with Gasteiger partial charge in [0.1, 0.15) is 0 Å². The van der Waals surface area contributed by atoms with E-state index in [4.69, 9.17) is 5.11 Å². The van der Waals surface area contributed by atoms with Crippen molar-refractivity contribution in [3.05, 3.63) is 0 Å². The quantitative estimate of drug-likeness (QED) is 0.557. The number of hydrogen-bond acceptors (Lipinski definition) is 2. The van der Waals surface area contributed by atoms with E-state index in [1.54, 1.807) is 0 Å². The monoisotopic (exact) mass is 143 g/mol. The zero-order valence-electron chi connectivity index (χ0n) is 5.46. The Kier molecular flexibility index (Phi) is 1.89. The molecule has 1 aliphatic carbocycles. The summed E-state index contributed by atoms with van der Waals surface area (Å²) in [4.78, 5) is 20.8. The molecule has 1 amide bonds. The Morgan fingerprint density at radius 1 is 1.70 bits per heavy atom. The molecule has 1 unspecified atom stereocenters. The summed E-state index contributed by atoms with van der Waals surface area (Å²) < 4.78 is 0. The van der Waals surface area contributed by atoms with Crippen molar-refractivity contribution in [1.29, 1.82) is 0 Å². The Morgan fingerprint density at radius 3 is 2.80 bits per heavy atom. The van der Waals surface area contributed by atoms with Crippen molar-refractivity contribution in [3.63, 3.8) is 0 Å². The van der Waals surface area contributed by atoms with Crippen LogP contribution >= 0.6 is 0 Å². The van der Waals surface area contributed by atoms with E-state index < -0.39 is 12.1 Å². The summed E-state index contributed by atoms with van der Waals surface area (Å²) in [7, 11) is 0. The van der Waals surface area contributed by atoms with Crippen LogP contribution in [-0.2, 0) is 4.79 Å². The number of nitrogens with one attached hydrogen (secondary N) is 1. The van der Waals surface area contributed by atoms with Gasteiger partial charge < -0.3 is 10.4 Å². The van der Waals surface area contributed by atoms with Crippen LogP contribution in [0.5, 0.6) is 0 Å². The van der Waals surface area contributed by atoms with Crippen molar-refractivity contribution in [2.24, 2.45) is 0 Å². The van der Waals surface area contributed by atoms with Crippen LogP contribution in [0.2, 0.25) is 0 Å². The zero-order chi connectivity index (χ0) is 7.56. The summed E-state index contributed by atoms with van der Waals surface area (Å²) >= 11 is 0. The molecule has 10 heavy (non-hydrogen) atoms. The van der Waals surface area contributed by atoms with E-state index in [1.165, 1.54) is 0 Å². The SMILES string of the molecule is O=C(O)NC1CCCC1=O. The third-order valence-corrected chi connectivity index (χ3v) is 1.60. The normalized spacial score (nSPS) is 24.8. The minimum Gasteiger partial charge on any atom is -0.465 e. The van der Waals surface area contributed by atoms with Gasteiger partial charge in [0, 0.05) is 6.42 Å². The average Bonchev–Trinajstić information content (AvgIpc) is 2.15. The summed E-state index contributed by atoms with van der Waals surface area (Å²) in [6.07, 6.45) is 0.875. The molecule has 4 heteroatoms. The minimum absolute atomic E-state index is 0.0161. The summed E-state index contributed by atoms with van der Waals surface area (Å²) in [5.41, 5.74) is 0. The summed E-state index contributed by atoms with van der Waals surface area (Å²) in [6.45, 7) is 0. The number of carbonyl (C=O) groups is 2. The van der Waals surface area contributed by atoms with E-state index in [0.717, 1.165) is 6.42 Å². The molecule has 0 aromatic heterocycles. The van der Waals surface area contributed by atoms with Crippen molar-refractivity contribution < 1.29 is 14.7 Å². The van der Waals surface area contributed by atoms with E-state index >= 15 is 0 Å². The fraction of sp³-hybridized carbons (Fsp3) is 0.667. The number of carbonyl (C=O) groups excluding carboxylic acids is 1. The first-order chi connectivity index (χ1) is 4.70. The van der Waals surface area contributed by atoms with Crippen LogP contribution in [0, 0.1) is 0 Å². The summed E-state index contributed by atoms with van der Waals surface area (Å²) in [6, 6.07) is -0.433. The Balaban J connectivity index is 2.40. The molecule has 0 aromatic rings. The van der Waals surface area contributed by atoms with Gasteiger partial charge in [0.15, 0.2) is 5.78 Å². The molecule has 1 fully saturated rings. The molecular formula is C6H9NO3. The Morgan fingerprint density at radius 2 is 2.40 bits per heavy atom. The maximum atomic E-state index is 10.8. The standard InChI is InChI=1S/C6H9NO3/c8-5-3-1-2-4(5)7-6(9)10/h4,7H,1-3H2,(H,9,10).